The molecule has 1 N–H and O–H groups in total. The van der Waals surface area contributed by atoms with Crippen LogP contribution in [0.4, 0.5) is 0 Å². The zero-order chi connectivity index (χ0) is 12.8. The Bertz CT molecular complexity index is 400. The molecule has 0 spiro atoms. The molecule has 1 unspecified atom stereocenters. The van der Waals surface area contributed by atoms with E-state index in [1.807, 2.05) is 18.2 Å². The summed E-state index contributed by atoms with van der Waals surface area (Å²) in [5, 5.41) is 2.97. The van der Waals surface area contributed by atoms with Crippen LogP contribution in [0.5, 0.6) is 0 Å². The predicted octanol–water partition coefficient (Wildman–Crippen LogP) is 3.78. The third-order valence-electron chi connectivity index (χ3n) is 2.24. The molecule has 0 bridgehead atoms. The Labute approximate surface area is 129 Å². The number of rotatable bonds is 5. The van der Waals surface area contributed by atoms with E-state index < -0.39 is 0 Å². The Kier molecular flexibility index (Phi) is 6.87. The molecule has 0 saturated heterocycles. The standard InChI is InChI=1S/C12H15BrINOS/c1-8(7-17-2)6-15-12(16)10-5-9(14)3-4-11(10)13/h3-5,8H,6-7H2,1-2H3,(H,15,16). The first-order chi connectivity index (χ1) is 8.04. The summed E-state index contributed by atoms with van der Waals surface area (Å²) in [6.45, 7) is 2.86. The van der Waals surface area contributed by atoms with Gasteiger partial charge in [0, 0.05) is 14.6 Å². The van der Waals surface area contributed by atoms with Crippen LogP contribution in [0.2, 0.25) is 0 Å². The minimum absolute atomic E-state index is 0.0108. The van der Waals surface area contributed by atoms with Crippen LogP contribution in [0, 0.1) is 9.49 Å². The monoisotopic (exact) mass is 427 g/mol. The van der Waals surface area contributed by atoms with Crippen molar-refractivity contribution in [2.75, 3.05) is 18.6 Å². The van der Waals surface area contributed by atoms with E-state index in [4.69, 9.17) is 0 Å². The summed E-state index contributed by atoms with van der Waals surface area (Å²) in [6, 6.07) is 5.76. The molecule has 1 aromatic carbocycles. The highest BCUT2D eigenvalue weighted by Crippen LogP contribution is 2.19. The van der Waals surface area contributed by atoms with Gasteiger partial charge in [0.15, 0.2) is 0 Å². The van der Waals surface area contributed by atoms with Crippen molar-refractivity contribution < 1.29 is 4.79 Å². The third kappa shape index (κ3) is 5.18. The molecule has 0 aromatic heterocycles. The van der Waals surface area contributed by atoms with Gasteiger partial charge >= 0.3 is 0 Å². The summed E-state index contributed by atoms with van der Waals surface area (Å²) >= 11 is 7.41. The van der Waals surface area contributed by atoms with Crippen molar-refractivity contribution in [3.05, 3.63) is 31.8 Å². The van der Waals surface area contributed by atoms with E-state index in [9.17, 15) is 4.79 Å². The number of hydrogen-bond donors (Lipinski definition) is 1. The Hall–Kier alpha value is 0.250. The van der Waals surface area contributed by atoms with Gasteiger partial charge in [0.25, 0.3) is 5.91 Å². The van der Waals surface area contributed by atoms with Gasteiger partial charge < -0.3 is 5.32 Å². The smallest absolute Gasteiger partial charge is 0.252 e. The Morgan fingerprint density at radius 3 is 2.94 bits per heavy atom. The number of amides is 1. The molecule has 5 heteroatoms. The molecular weight excluding hydrogens is 413 g/mol. The highest BCUT2D eigenvalue weighted by atomic mass is 127. The summed E-state index contributed by atoms with van der Waals surface area (Å²) in [4.78, 5) is 12.0. The van der Waals surface area contributed by atoms with E-state index in [2.05, 4.69) is 57.0 Å². The number of nitrogens with one attached hydrogen (secondary N) is 1. The van der Waals surface area contributed by atoms with Crippen molar-refractivity contribution in [2.24, 2.45) is 5.92 Å². The van der Waals surface area contributed by atoms with Gasteiger partial charge in [-0.2, -0.15) is 11.8 Å². The molecule has 17 heavy (non-hydrogen) atoms. The fourth-order valence-electron chi connectivity index (χ4n) is 1.38. The van der Waals surface area contributed by atoms with Crippen molar-refractivity contribution in [1.82, 2.24) is 5.32 Å². The largest absolute Gasteiger partial charge is 0.352 e. The maximum Gasteiger partial charge on any atom is 0.252 e. The third-order valence-corrected chi connectivity index (χ3v) is 4.50. The number of carbonyl (C=O) groups excluding carboxylic acids is 1. The Balaban J connectivity index is 2.61. The van der Waals surface area contributed by atoms with E-state index >= 15 is 0 Å². The zero-order valence-electron chi connectivity index (χ0n) is 9.80. The fourth-order valence-corrected chi connectivity index (χ4v) is 2.98. The number of carbonyl (C=O) groups is 1. The minimum Gasteiger partial charge on any atom is -0.352 e. The lowest BCUT2D eigenvalue weighted by atomic mass is 10.2. The number of hydrogen-bond acceptors (Lipinski definition) is 2. The fraction of sp³-hybridized carbons (Fsp3) is 0.417. The number of thioether (sulfide) groups is 1. The van der Waals surface area contributed by atoms with Crippen molar-refractivity contribution in [3.63, 3.8) is 0 Å². The minimum atomic E-state index is -0.0108. The van der Waals surface area contributed by atoms with Gasteiger partial charge in [-0.3, -0.25) is 4.79 Å². The van der Waals surface area contributed by atoms with Crippen molar-refractivity contribution >= 4 is 56.2 Å². The first kappa shape index (κ1) is 15.3. The van der Waals surface area contributed by atoms with Gasteiger partial charge in [0.2, 0.25) is 0 Å². The summed E-state index contributed by atoms with van der Waals surface area (Å²) in [7, 11) is 0. The topological polar surface area (TPSA) is 29.1 Å². The Morgan fingerprint density at radius 2 is 2.29 bits per heavy atom. The predicted molar refractivity (Wildman–Crippen MR) is 86.7 cm³/mol. The lowest BCUT2D eigenvalue weighted by Crippen LogP contribution is -2.29. The van der Waals surface area contributed by atoms with Crippen molar-refractivity contribution in [3.8, 4) is 0 Å². The molecule has 0 heterocycles. The van der Waals surface area contributed by atoms with E-state index in [0.717, 1.165) is 20.3 Å². The zero-order valence-corrected chi connectivity index (χ0v) is 14.4. The van der Waals surface area contributed by atoms with Crippen LogP contribution in [0.1, 0.15) is 17.3 Å². The first-order valence-corrected chi connectivity index (χ1v) is 8.53. The van der Waals surface area contributed by atoms with Gasteiger partial charge in [0.1, 0.15) is 0 Å². The van der Waals surface area contributed by atoms with E-state index in [1.165, 1.54) is 0 Å². The van der Waals surface area contributed by atoms with E-state index in [-0.39, 0.29) is 5.91 Å². The molecule has 94 valence electrons. The normalized spacial score (nSPS) is 12.2. The summed E-state index contributed by atoms with van der Waals surface area (Å²) in [5.74, 6) is 1.55. The van der Waals surface area contributed by atoms with Gasteiger partial charge in [-0.15, -0.1) is 0 Å². The maximum absolute atomic E-state index is 12.0. The highest BCUT2D eigenvalue weighted by Gasteiger charge is 2.11. The Morgan fingerprint density at radius 1 is 1.59 bits per heavy atom. The molecule has 0 aliphatic rings. The summed E-state index contributed by atoms with van der Waals surface area (Å²) in [6.07, 6.45) is 2.08. The lowest BCUT2D eigenvalue weighted by molar-refractivity contribution is 0.0948. The van der Waals surface area contributed by atoms with Gasteiger partial charge in [-0.25, -0.2) is 0 Å². The molecule has 0 aliphatic heterocycles. The molecule has 1 atom stereocenters. The molecule has 0 radical (unpaired) electrons. The molecule has 1 amide bonds. The van der Waals surface area contributed by atoms with Crippen LogP contribution in [0.15, 0.2) is 22.7 Å². The van der Waals surface area contributed by atoms with E-state index in [0.29, 0.717) is 11.5 Å². The molecule has 2 nitrogen and oxygen atoms in total. The van der Waals surface area contributed by atoms with Crippen LogP contribution < -0.4 is 5.32 Å². The second kappa shape index (κ2) is 7.63. The highest BCUT2D eigenvalue weighted by molar-refractivity contribution is 14.1. The van der Waals surface area contributed by atoms with E-state index in [1.54, 1.807) is 11.8 Å². The maximum atomic E-state index is 12.0. The first-order valence-electron chi connectivity index (χ1n) is 5.26. The van der Waals surface area contributed by atoms with Gasteiger partial charge in [-0.05, 0) is 74.6 Å². The van der Waals surface area contributed by atoms with Crippen LogP contribution in [0.3, 0.4) is 0 Å². The van der Waals surface area contributed by atoms with Crippen molar-refractivity contribution in [1.29, 1.82) is 0 Å². The lowest BCUT2D eigenvalue weighted by Gasteiger charge is -2.12. The van der Waals surface area contributed by atoms with Crippen LogP contribution in [0.25, 0.3) is 0 Å². The van der Waals surface area contributed by atoms with Crippen LogP contribution >= 0.6 is 50.3 Å². The molecule has 0 saturated carbocycles. The van der Waals surface area contributed by atoms with Crippen LogP contribution in [-0.4, -0.2) is 24.5 Å². The second-order valence-corrected chi connectivity index (χ2v) is 6.91. The number of benzene rings is 1. The quantitative estimate of drug-likeness (QED) is 0.724. The molecule has 1 rings (SSSR count). The molecule has 1 aromatic rings. The van der Waals surface area contributed by atoms with Crippen molar-refractivity contribution in [2.45, 2.75) is 6.92 Å². The number of halogens is 2. The average molecular weight is 428 g/mol. The van der Waals surface area contributed by atoms with Gasteiger partial charge in [0.05, 0.1) is 5.56 Å². The molecule has 0 aliphatic carbocycles. The molecular formula is C12H15BrINOS. The van der Waals surface area contributed by atoms with Crippen LogP contribution in [-0.2, 0) is 0 Å². The van der Waals surface area contributed by atoms with Gasteiger partial charge in [-0.1, -0.05) is 6.92 Å². The second-order valence-electron chi connectivity index (χ2n) is 3.89. The summed E-state index contributed by atoms with van der Waals surface area (Å²) < 4.78 is 1.90. The average Bonchev–Trinajstić information content (AvgIpc) is 2.29. The SMILES string of the molecule is CSCC(C)CNC(=O)c1cc(I)ccc1Br. The summed E-state index contributed by atoms with van der Waals surface area (Å²) in [5.41, 5.74) is 0.702. The molecule has 0 fully saturated rings.